The van der Waals surface area contributed by atoms with Gasteiger partial charge in [0.25, 0.3) is 0 Å². The normalized spacial score (nSPS) is 10.6. The molecule has 0 atom stereocenters. The van der Waals surface area contributed by atoms with Crippen molar-refractivity contribution in [2.45, 2.75) is 17.8 Å². The van der Waals surface area contributed by atoms with Crippen LogP contribution >= 0.6 is 35.0 Å². The predicted octanol–water partition coefficient (Wildman–Crippen LogP) is 3.36. The summed E-state index contributed by atoms with van der Waals surface area (Å²) in [6.07, 6.45) is 1.65. The van der Waals surface area contributed by atoms with Gasteiger partial charge in [-0.15, -0.1) is 0 Å². The summed E-state index contributed by atoms with van der Waals surface area (Å²) >= 11 is 13.2. The lowest BCUT2D eigenvalue weighted by atomic mass is 10.3. The van der Waals surface area contributed by atoms with Gasteiger partial charge in [-0.3, -0.25) is 0 Å². The van der Waals surface area contributed by atoms with Crippen LogP contribution in [0.5, 0.6) is 0 Å². The molecule has 0 aliphatic heterocycles. The van der Waals surface area contributed by atoms with Gasteiger partial charge in [-0.05, 0) is 18.6 Å². The number of anilines is 1. The third-order valence-corrected chi connectivity index (χ3v) is 3.56. The van der Waals surface area contributed by atoms with Gasteiger partial charge in [0.1, 0.15) is 11.0 Å². The van der Waals surface area contributed by atoms with Crippen LogP contribution in [0.3, 0.4) is 0 Å². The summed E-state index contributed by atoms with van der Waals surface area (Å²) in [7, 11) is 0. The van der Waals surface area contributed by atoms with E-state index in [1.807, 2.05) is 6.92 Å². The molecule has 0 saturated heterocycles. The quantitative estimate of drug-likeness (QED) is 0.535. The van der Waals surface area contributed by atoms with Gasteiger partial charge in [-0.25, -0.2) is 15.0 Å². The largest absolute Gasteiger partial charge is 0.384 e. The lowest BCUT2D eigenvalue weighted by Gasteiger charge is -2.04. The molecule has 4 nitrogen and oxygen atoms in total. The Morgan fingerprint density at radius 3 is 2.72 bits per heavy atom. The molecule has 0 saturated carbocycles. The van der Waals surface area contributed by atoms with Gasteiger partial charge in [0.2, 0.25) is 0 Å². The van der Waals surface area contributed by atoms with E-state index in [0.29, 0.717) is 26.9 Å². The second-order valence-corrected chi connectivity index (χ2v) is 5.34. The number of halogens is 2. The molecule has 0 unspecified atom stereocenters. The highest BCUT2D eigenvalue weighted by Crippen LogP contribution is 2.26. The van der Waals surface area contributed by atoms with Crippen LogP contribution in [0, 0.1) is 6.92 Å². The predicted molar refractivity (Wildman–Crippen MR) is 75.0 cm³/mol. The average molecular weight is 301 g/mol. The van der Waals surface area contributed by atoms with Gasteiger partial charge in [-0.1, -0.05) is 35.0 Å². The van der Waals surface area contributed by atoms with Crippen molar-refractivity contribution in [2.24, 2.45) is 0 Å². The fourth-order valence-electron chi connectivity index (χ4n) is 1.31. The average Bonchev–Trinajstić information content (AvgIpc) is 2.26. The first-order valence-electron chi connectivity index (χ1n) is 5.08. The first-order chi connectivity index (χ1) is 8.54. The van der Waals surface area contributed by atoms with Crippen molar-refractivity contribution in [1.82, 2.24) is 15.0 Å². The molecule has 0 radical (unpaired) electrons. The van der Waals surface area contributed by atoms with Crippen LogP contribution in [0.4, 0.5) is 5.82 Å². The van der Waals surface area contributed by atoms with Gasteiger partial charge in [0.05, 0.1) is 0 Å². The van der Waals surface area contributed by atoms with Crippen LogP contribution in [-0.4, -0.2) is 15.0 Å². The minimum atomic E-state index is 0.379. The van der Waals surface area contributed by atoms with Crippen molar-refractivity contribution in [3.05, 3.63) is 39.8 Å². The van der Waals surface area contributed by atoms with Crippen molar-refractivity contribution >= 4 is 40.8 Å². The van der Waals surface area contributed by atoms with E-state index in [0.717, 1.165) is 11.3 Å². The number of thioether (sulfide) groups is 1. The van der Waals surface area contributed by atoms with E-state index < -0.39 is 0 Å². The number of rotatable bonds is 3. The molecule has 0 spiro atoms. The zero-order valence-electron chi connectivity index (χ0n) is 9.52. The second-order valence-electron chi connectivity index (χ2n) is 3.60. The van der Waals surface area contributed by atoms with Crippen LogP contribution in [-0.2, 0) is 5.75 Å². The minimum absolute atomic E-state index is 0.379. The van der Waals surface area contributed by atoms with Gasteiger partial charge in [-0.2, -0.15) is 0 Å². The molecule has 2 aromatic rings. The molecule has 0 aliphatic carbocycles. The van der Waals surface area contributed by atoms with E-state index in [4.69, 9.17) is 28.9 Å². The van der Waals surface area contributed by atoms with E-state index in [9.17, 15) is 0 Å². The molecule has 2 N–H and O–H groups in total. The zero-order valence-corrected chi connectivity index (χ0v) is 11.9. The Kier molecular flexibility index (Phi) is 4.27. The summed E-state index contributed by atoms with van der Waals surface area (Å²) in [6.45, 7) is 1.87. The maximum absolute atomic E-state index is 6.06. The van der Waals surface area contributed by atoms with Crippen molar-refractivity contribution in [3.63, 3.8) is 0 Å². The molecule has 0 aromatic carbocycles. The van der Waals surface area contributed by atoms with Crippen molar-refractivity contribution in [3.8, 4) is 0 Å². The summed E-state index contributed by atoms with van der Waals surface area (Å²) in [5.41, 5.74) is 7.38. The standard InChI is InChI=1S/C11H10Cl2N4S/c1-6-2-10(14)17-11(16-6)18-5-7-4-15-9(13)3-8(7)12/h2-4H,5H2,1H3,(H2,14,16,17). The summed E-state index contributed by atoms with van der Waals surface area (Å²) in [5, 5.41) is 1.59. The van der Waals surface area contributed by atoms with Crippen LogP contribution in [0.25, 0.3) is 0 Å². The minimum Gasteiger partial charge on any atom is -0.384 e. The molecule has 7 heteroatoms. The van der Waals surface area contributed by atoms with Gasteiger partial charge >= 0.3 is 0 Å². The number of hydrogen-bond donors (Lipinski definition) is 1. The topological polar surface area (TPSA) is 64.7 Å². The summed E-state index contributed by atoms with van der Waals surface area (Å²) in [6, 6.07) is 3.34. The van der Waals surface area contributed by atoms with Gasteiger partial charge < -0.3 is 5.73 Å². The van der Waals surface area contributed by atoms with Crippen LogP contribution in [0.15, 0.2) is 23.5 Å². The lowest BCUT2D eigenvalue weighted by Crippen LogP contribution is -1.97. The third kappa shape index (κ3) is 3.48. The van der Waals surface area contributed by atoms with E-state index in [1.54, 1.807) is 18.3 Å². The Morgan fingerprint density at radius 1 is 1.28 bits per heavy atom. The number of aryl methyl sites for hydroxylation is 1. The van der Waals surface area contributed by atoms with Crippen molar-refractivity contribution in [1.29, 1.82) is 0 Å². The number of nitrogen functional groups attached to an aromatic ring is 1. The number of nitrogens with zero attached hydrogens (tertiary/aromatic N) is 3. The van der Waals surface area contributed by atoms with Crippen LogP contribution < -0.4 is 5.73 Å². The molecule has 0 amide bonds. The highest BCUT2D eigenvalue weighted by atomic mass is 35.5. The lowest BCUT2D eigenvalue weighted by molar-refractivity contribution is 0.940. The third-order valence-electron chi connectivity index (χ3n) is 2.11. The summed E-state index contributed by atoms with van der Waals surface area (Å²) in [4.78, 5) is 12.4. The van der Waals surface area contributed by atoms with Crippen LogP contribution in [0.2, 0.25) is 10.2 Å². The molecule has 0 fully saturated rings. The smallest absolute Gasteiger partial charge is 0.190 e. The SMILES string of the molecule is Cc1cc(N)nc(SCc2cnc(Cl)cc2Cl)n1. The zero-order chi connectivity index (χ0) is 13.1. The molecule has 0 bridgehead atoms. The van der Waals surface area contributed by atoms with E-state index in [-0.39, 0.29) is 0 Å². The highest BCUT2D eigenvalue weighted by Gasteiger charge is 2.06. The first-order valence-corrected chi connectivity index (χ1v) is 6.82. The molecular formula is C11H10Cl2N4S. The number of aromatic nitrogens is 3. The molecular weight excluding hydrogens is 291 g/mol. The fraction of sp³-hybridized carbons (Fsp3) is 0.182. The van der Waals surface area contributed by atoms with E-state index >= 15 is 0 Å². The molecule has 0 aliphatic rings. The highest BCUT2D eigenvalue weighted by molar-refractivity contribution is 7.98. The van der Waals surface area contributed by atoms with E-state index in [2.05, 4.69) is 15.0 Å². The maximum atomic E-state index is 6.06. The first kappa shape index (κ1) is 13.4. The fourth-order valence-corrected chi connectivity index (χ4v) is 2.72. The van der Waals surface area contributed by atoms with Crippen molar-refractivity contribution in [2.75, 3.05) is 5.73 Å². The number of pyridine rings is 1. The number of hydrogen-bond acceptors (Lipinski definition) is 5. The van der Waals surface area contributed by atoms with Crippen molar-refractivity contribution < 1.29 is 0 Å². The monoisotopic (exact) mass is 300 g/mol. The summed E-state index contributed by atoms with van der Waals surface area (Å²) < 4.78 is 0. The molecule has 2 rings (SSSR count). The second kappa shape index (κ2) is 5.73. The Balaban J connectivity index is 2.11. The Labute approximate surface area is 119 Å². The molecule has 2 aromatic heterocycles. The van der Waals surface area contributed by atoms with E-state index in [1.165, 1.54) is 11.8 Å². The Hall–Kier alpha value is -1.04. The summed E-state index contributed by atoms with van der Waals surface area (Å²) in [5.74, 6) is 1.08. The molecule has 18 heavy (non-hydrogen) atoms. The number of nitrogens with two attached hydrogens (primary N) is 1. The Morgan fingerprint density at radius 2 is 2.06 bits per heavy atom. The van der Waals surface area contributed by atoms with Gasteiger partial charge in [0, 0.05) is 28.7 Å². The Bertz CT molecular complexity index is 557. The molecule has 94 valence electrons. The molecule has 2 heterocycles. The van der Waals surface area contributed by atoms with Crippen LogP contribution in [0.1, 0.15) is 11.3 Å². The maximum Gasteiger partial charge on any atom is 0.190 e. The van der Waals surface area contributed by atoms with Gasteiger partial charge in [0.15, 0.2) is 5.16 Å².